The predicted octanol–water partition coefficient (Wildman–Crippen LogP) is 3.24. The molecule has 0 radical (unpaired) electrons. The van der Waals surface area contributed by atoms with Crippen molar-refractivity contribution in [3.63, 3.8) is 0 Å². The van der Waals surface area contributed by atoms with Crippen LogP contribution in [0.1, 0.15) is 43.2 Å². The molecule has 1 aromatic rings. The molecule has 1 aliphatic carbocycles. The maximum atomic E-state index is 14.0. The van der Waals surface area contributed by atoms with Gasteiger partial charge in [-0.05, 0) is 37.3 Å². The van der Waals surface area contributed by atoms with Crippen LogP contribution >= 0.6 is 24.0 Å². The van der Waals surface area contributed by atoms with Gasteiger partial charge in [0.25, 0.3) is 0 Å². The molecule has 27 heavy (non-hydrogen) atoms. The molecule has 1 atom stereocenters. The Balaban J connectivity index is 0.00000261. The molecule has 2 N–H and O–H groups in total. The average Bonchev–Trinajstić information content (AvgIpc) is 3.31. The van der Waals surface area contributed by atoms with E-state index in [4.69, 9.17) is 5.26 Å². The summed E-state index contributed by atoms with van der Waals surface area (Å²) in [6.07, 6.45) is 6.66. The largest absolute Gasteiger partial charge is 0.352 e. The lowest BCUT2D eigenvalue weighted by atomic mass is 10.1. The van der Waals surface area contributed by atoms with Gasteiger partial charge < -0.3 is 15.5 Å². The quantitative estimate of drug-likeness (QED) is 0.382. The average molecular weight is 485 g/mol. The monoisotopic (exact) mass is 485 g/mol. The minimum Gasteiger partial charge on any atom is -0.352 e. The Labute approximate surface area is 178 Å². The highest BCUT2D eigenvalue weighted by Crippen LogP contribution is 2.26. The SMILES string of the molecule is CN=C(NCc1ccc(C#N)cc1F)NC1CCN(CC2CCCC2)C1.I. The van der Waals surface area contributed by atoms with Crippen molar-refractivity contribution in [3.05, 3.63) is 35.1 Å². The van der Waals surface area contributed by atoms with Gasteiger partial charge in [0.15, 0.2) is 5.96 Å². The standard InChI is InChI=1S/C20H28FN5.HI/c1-23-20(24-12-17-7-6-16(11-22)10-19(17)21)25-18-8-9-26(14-18)13-15-4-2-3-5-15;/h6-7,10,15,18H,2-5,8-9,12-14H2,1H3,(H2,23,24,25);1H. The van der Waals surface area contributed by atoms with E-state index in [0.29, 0.717) is 29.7 Å². The van der Waals surface area contributed by atoms with Gasteiger partial charge in [-0.3, -0.25) is 4.99 Å². The van der Waals surface area contributed by atoms with E-state index in [1.54, 1.807) is 19.2 Å². The number of guanidine groups is 1. The number of hydrogen-bond acceptors (Lipinski definition) is 3. The minimum atomic E-state index is -0.365. The highest BCUT2D eigenvalue weighted by Gasteiger charge is 2.26. The molecule has 0 aromatic heterocycles. The summed E-state index contributed by atoms with van der Waals surface area (Å²) in [5.41, 5.74) is 0.864. The fourth-order valence-corrected chi connectivity index (χ4v) is 4.00. The lowest BCUT2D eigenvalue weighted by molar-refractivity contribution is 0.275. The van der Waals surface area contributed by atoms with Crippen LogP contribution in [-0.2, 0) is 6.54 Å². The molecule has 0 amide bonds. The van der Waals surface area contributed by atoms with Crippen LogP contribution < -0.4 is 10.6 Å². The molecule has 5 nitrogen and oxygen atoms in total. The van der Waals surface area contributed by atoms with Crippen LogP contribution in [0.3, 0.4) is 0 Å². The Kier molecular flexibility index (Phi) is 8.77. The van der Waals surface area contributed by atoms with Crippen molar-refractivity contribution in [1.29, 1.82) is 5.26 Å². The van der Waals surface area contributed by atoms with Crippen molar-refractivity contribution < 1.29 is 4.39 Å². The molecule has 2 fully saturated rings. The van der Waals surface area contributed by atoms with E-state index < -0.39 is 0 Å². The molecule has 0 spiro atoms. The molecule has 3 rings (SSSR count). The number of nitrogens with zero attached hydrogens (tertiary/aromatic N) is 3. The molecule has 1 heterocycles. The maximum absolute atomic E-state index is 14.0. The summed E-state index contributed by atoms with van der Waals surface area (Å²) in [5.74, 6) is 1.21. The van der Waals surface area contributed by atoms with Gasteiger partial charge in [0.05, 0.1) is 11.6 Å². The second-order valence-corrected chi connectivity index (χ2v) is 7.38. The fourth-order valence-electron chi connectivity index (χ4n) is 4.00. The number of aliphatic imine (C=N–C) groups is 1. The molecular weight excluding hydrogens is 456 g/mol. The van der Waals surface area contributed by atoms with E-state index in [9.17, 15) is 4.39 Å². The van der Waals surface area contributed by atoms with E-state index in [2.05, 4.69) is 20.5 Å². The third kappa shape index (κ3) is 6.32. The Morgan fingerprint density at radius 2 is 2.11 bits per heavy atom. The topological polar surface area (TPSA) is 63.5 Å². The van der Waals surface area contributed by atoms with Crippen molar-refractivity contribution in [2.24, 2.45) is 10.9 Å². The summed E-state index contributed by atoms with van der Waals surface area (Å²) in [4.78, 5) is 6.82. The Bertz CT molecular complexity index is 681. The summed E-state index contributed by atoms with van der Waals surface area (Å²) < 4.78 is 14.0. The zero-order valence-electron chi connectivity index (χ0n) is 15.9. The van der Waals surface area contributed by atoms with Crippen molar-refractivity contribution in [2.45, 2.75) is 44.7 Å². The van der Waals surface area contributed by atoms with E-state index in [1.165, 1.54) is 38.3 Å². The van der Waals surface area contributed by atoms with Crippen molar-refractivity contribution in [1.82, 2.24) is 15.5 Å². The fraction of sp³-hybridized carbons (Fsp3) is 0.600. The van der Waals surface area contributed by atoms with Gasteiger partial charge in [-0.25, -0.2) is 4.39 Å². The number of hydrogen-bond donors (Lipinski definition) is 2. The molecule has 148 valence electrons. The third-order valence-electron chi connectivity index (χ3n) is 5.46. The molecule has 2 aliphatic rings. The highest BCUT2D eigenvalue weighted by atomic mass is 127. The molecule has 1 aromatic carbocycles. The first-order chi connectivity index (χ1) is 12.7. The molecule has 1 saturated heterocycles. The summed E-state index contributed by atoms with van der Waals surface area (Å²) >= 11 is 0. The normalized spacial score (nSPS) is 20.9. The highest BCUT2D eigenvalue weighted by molar-refractivity contribution is 14.0. The molecule has 7 heteroatoms. The molecule has 1 saturated carbocycles. The Morgan fingerprint density at radius 1 is 1.33 bits per heavy atom. The van der Waals surface area contributed by atoms with Gasteiger partial charge in [0.2, 0.25) is 0 Å². The minimum absolute atomic E-state index is 0. The lowest BCUT2D eigenvalue weighted by Gasteiger charge is -2.21. The van der Waals surface area contributed by atoms with E-state index in [-0.39, 0.29) is 29.8 Å². The van der Waals surface area contributed by atoms with Crippen LogP contribution in [-0.4, -0.2) is 43.6 Å². The summed E-state index contributed by atoms with van der Waals surface area (Å²) in [7, 11) is 1.73. The van der Waals surface area contributed by atoms with E-state index in [1.807, 2.05) is 6.07 Å². The van der Waals surface area contributed by atoms with Gasteiger partial charge in [0.1, 0.15) is 5.82 Å². The second-order valence-electron chi connectivity index (χ2n) is 7.38. The first kappa shape index (κ1) is 21.9. The van der Waals surface area contributed by atoms with Crippen LogP contribution in [0.2, 0.25) is 0 Å². The zero-order valence-corrected chi connectivity index (χ0v) is 18.2. The van der Waals surface area contributed by atoms with Crippen molar-refractivity contribution in [2.75, 3.05) is 26.7 Å². The molecular formula is C20H29FIN5. The maximum Gasteiger partial charge on any atom is 0.191 e. The second kappa shape index (κ2) is 10.8. The van der Waals surface area contributed by atoms with Gasteiger partial charge in [-0.1, -0.05) is 18.9 Å². The third-order valence-corrected chi connectivity index (χ3v) is 5.46. The smallest absolute Gasteiger partial charge is 0.191 e. The van der Waals surface area contributed by atoms with Gasteiger partial charge >= 0.3 is 0 Å². The van der Waals surface area contributed by atoms with Gasteiger partial charge in [-0.15, -0.1) is 24.0 Å². The van der Waals surface area contributed by atoms with Gasteiger partial charge in [0, 0.05) is 44.8 Å². The first-order valence-corrected chi connectivity index (χ1v) is 9.56. The van der Waals surface area contributed by atoms with Crippen LogP contribution in [0.5, 0.6) is 0 Å². The number of likely N-dealkylation sites (tertiary alicyclic amines) is 1. The van der Waals surface area contributed by atoms with Crippen LogP contribution in [0.15, 0.2) is 23.2 Å². The van der Waals surface area contributed by atoms with Crippen molar-refractivity contribution in [3.8, 4) is 6.07 Å². The molecule has 1 unspecified atom stereocenters. The van der Waals surface area contributed by atoms with Crippen LogP contribution in [0, 0.1) is 23.1 Å². The van der Waals surface area contributed by atoms with E-state index in [0.717, 1.165) is 25.4 Å². The van der Waals surface area contributed by atoms with Crippen LogP contribution in [0.4, 0.5) is 4.39 Å². The van der Waals surface area contributed by atoms with E-state index >= 15 is 0 Å². The number of nitriles is 1. The summed E-state index contributed by atoms with van der Waals surface area (Å²) in [6, 6.07) is 6.88. The first-order valence-electron chi connectivity index (χ1n) is 9.56. The van der Waals surface area contributed by atoms with Gasteiger partial charge in [-0.2, -0.15) is 5.26 Å². The number of rotatable bonds is 5. The number of benzene rings is 1. The van der Waals surface area contributed by atoms with Crippen molar-refractivity contribution >= 4 is 29.9 Å². The molecule has 1 aliphatic heterocycles. The van der Waals surface area contributed by atoms with Crippen LogP contribution in [0.25, 0.3) is 0 Å². The number of halogens is 2. The summed E-state index contributed by atoms with van der Waals surface area (Å²) in [6.45, 7) is 3.74. The molecule has 0 bridgehead atoms. The lowest BCUT2D eigenvalue weighted by Crippen LogP contribution is -2.44. The summed E-state index contributed by atoms with van der Waals surface area (Å²) in [5, 5.41) is 15.4. The predicted molar refractivity (Wildman–Crippen MR) is 117 cm³/mol. The Morgan fingerprint density at radius 3 is 2.78 bits per heavy atom. The zero-order chi connectivity index (χ0) is 18.4. The Hall–Kier alpha value is -1.40. The number of nitrogens with one attached hydrogen (secondary N) is 2.